The molecule has 1 amide bonds. The van der Waals surface area contributed by atoms with Gasteiger partial charge < -0.3 is 9.64 Å². The van der Waals surface area contributed by atoms with Gasteiger partial charge in [0.25, 0.3) is 5.91 Å². The van der Waals surface area contributed by atoms with Crippen LogP contribution in [0.5, 0.6) is 0 Å². The van der Waals surface area contributed by atoms with Gasteiger partial charge in [-0.1, -0.05) is 12.1 Å². The molecule has 1 aromatic heterocycles. The lowest BCUT2D eigenvalue weighted by molar-refractivity contribution is 0.0519. The Morgan fingerprint density at radius 2 is 1.96 bits per heavy atom. The van der Waals surface area contributed by atoms with Crippen molar-refractivity contribution >= 4 is 11.9 Å². The van der Waals surface area contributed by atoms with Crippen molar-refractivity contribution in [1.29, 1.82) is 5.26 Å². The standard InChI is InChI=1S/C18H18N4O3/c1-2-25-18(24)16-14(11-19)15(20-21-16)12-5-7-13(8-6-12)17(23)22-9-3-4-10-22/h5-8H,2-4,9-10H2,1H3,(H,20,21). The molecule has 0 bridgehead atoms. The first-order valence-electron chi connectivity index (χ1n) is 8.21. The van der Waals surface area contributed by atoms with E-state index in [4.69, 9.17) is 4.74 Å². The normalized spacial score (nSPS) is 13.5. The molecule has 0 spiro atoms. The van der Waals surface area contributed by atoms with Crippen LogP contribution in [0.25, 0.3) is 11.3 Å². The smallest absolute Gasteiger partial charge is 0.357 e. The first-order valence-corrected chi connectivity index (χ1v) is 8.21. The number of nitriles is 1. The van der Waals surface area contributed by atoms with E-state index in [1.165, 1.54) is 0 Å². The highest BCUT2D eigenvalue weighted by Gasteiger charge is 2.22. The molecular weight excluding hydrogens is 320 g/mol. The largest absolute Gasteiger partial charge is 0.461 e. The highest BCUT2D eigenvalue weighted by Crippen LogP contribution is 2.25. The summed E-state index contributed by atoms with van der Waals surface area (Å²) in [4.78, 5) is 26.1. The van der Waals surface area contributed by atoms with Crippen molar-refractivity contribution < 1.29 is 14.3 Å². The van der Waals surface area contributed by atoms with Crippen LogP contribution < -0.4 is 0 Å². The Morgan fingerprint density at radius 3 is 2.56 bits per heavy atom. The molecule has 1 saturated heterocycles. The van der Waals surface area contributed by atoms with E-state index in [-0.39, 0.29) is 23.8 Å². The molecule has 128 valence electrons. The second kappa shape index (κ2) is 7.18. The first kappa shape index (κ1) is 16.7. The Morgan fingerprint density at radius 1 is 1.28 bits per heavy atom. The van der Waals surface area contributed by atoms with E-state index in [2.05, 4.69) is 10.2 Å². The number of H-pyrrole nitrogens is 1. The molecule has 1 aromatic carbocycles. The summed E-state index contributed by atoms with van der Waals surface area (Å²) in [6.07, 6.45) is 2.08. The van der Waals surface area contributed by atoms with Crippen molar-refractivity contribution in [2.24, 2.45) is 0 Å². The van der Waals surface area contributed by atoms with Crippen LogP contribution in [0.2, 0.25) is 0 Å². The molecule has 7 nitrogen and oxygen atoms in total. The second-order valence-electron chi connectivity index (χ2n) is 5.73. The molecule has 1 N–H and O–H groups in total. The molecular formula is C18H18N4O3. The van der Waals surface area contributed by atoms with Crippen molar-refractivity contribution in [2.45, 2.75) is 19.8 Å². The maximum Gasteiger partial charge on any atom is 0.357 e. The number of rotatable bonds is 4. The van der Waals surface area contributed by atoms with Crippen molar-refractivity contribution in [3.05, 3.63) is 41.1 Å². The third-order valence-corrected chi connectivity index (χ3v) is 4.16. The number of amides is 1. The van der Waals surface area contributed by atoms with Crippen molar-refractivity contribution in [3.63, 3.8) is 0 Å². The number of carbonyl (C=O) groups excluding carboxylic acids is 2. The van der Waals surface area contributed by atoms with Crippen LogP contribution in [-0.4, -0.2) is 46.7 Å². The third kappa shape index (κ3) is 3.24. The van der Waals surface area contributed by atoms with Crippen LogP contribution in [0.15, 0.2) is 24.3 Å². The Hall–Kier alpha value is -3.14. The first-order chi connectivity index (χ1) is 12.2. The molecule has 0 radical (unpaired) electrons. The van der Waals surface area contributed by atoms with Gasteiger partial charge in [-0.15, -0.1) is 0 Å². The van der Waals surface area contributed by atoms with Gasteiger partial charge in [0, 0.05) is 24.2 Å². The molecule has 2 aromatic rings. The van der Waals surface area contributed by atoms with Crippen LogP contribution in [0.1, 0.15) is 46.2 Å². The minimum Gasteiger partial charge on any atom is -0.461 e. The van der Waals surface area contributed by atoms with Gasteiger partial charge in [0.05, 0.1) is 6.61 Å². The molecule has 3 rings (SSSR count). The van der Waals surface area contributed by atoms with Crippen LogP contribution in [0.3, 0.4) is 0 Å². The Kier molecular flexibility index (Phi) is 4.80. The number of hydrogen-bond acceptors (Lipinski definition) is 5. The van der Waals surface area contributed by atoms with Gasteiger partial charge in [0.2, 0.25) is 0 Å². The van der Waals surface area contributed by atoms with Gasteiger partial charge in [0.1, 0.15) is 17.3 Å². The third-order valence-electron chi connectivity index (χ3n) is 4.16. The van der Waals surface area contributed by atoms with E-state index in [1.54, 1.807) is 31.2 Å². The Balaban J connectivity index is 1.86. The number of hydrogen-bond donors (Lipinski definition) is 1. The fourth-order valence-corrected chi connectivity index (χ4v) is 2.88. The van der Waals surface area contributed by atoms with Gasteiger partial charge in [-0.3, -0.25) is 9.89 Å². The van der Waals surface area contributed by atoms with E-state index < -0.39 is 5.97 Å². The monoisotopic (exact) mass is 338 g/mol. The van der Waals surface area contributed by atoms with Crippen LogP contribution in [-0.2, 0) is 4.74 Å². The summed E-state index contributed by atoms with van der Waals surface area (Å²) < 4.78 is 4.92. The van der Waals surface area contributed by atoms with Crippen molar-refractivity contribution in [2.75, 3.05) is 19.7 Å². The molecule has 2 heterocycles. The quantitative estimate of drug-likeness (QED) is 0.863. The predicted molar refractivity (Wildman–Crippen MR) is 89.8 cm³/mol. The maximum atomic E-state index is 12.4. The lowest BCUT2D eigenvalue weighted by Gasteiger charge is -2.15. The molecule has 0 saturated carbocycles. The lowest BCUT2D eigenvalue weighted by atomic mass is 10.0. The van der Waals surface area contributed by atoms with Crippen LogP contribution >= 0.6 is 0 Å². The lowest BCUT2D eigenvalue weighted by Crippen LogP contribution is -2.27. The molecule has 1 aliphatic rings. The zero-order chi connectivity index (χ0) is 17.8. The Bertz CT molecular complexity index is 827. The van der Waals surface area contributed by atoms with Gasteiger partial charge >= 0.3 is 5.97 Å². The number of benzene rings is 1. The molecule has 0 atom stereocenters. The van der Waals surface area contributed by atoms with Crippen LogP contribution in [0.4, 0.5) is 0 Å². The van der Waals surface area contributed by atoms with Gasteiger partial charge in [-0.25, -0.2) is 4.79 Å². The molecule has 1 fully saturated rings. The average molecular weight is 338 g/mol. The number of likely N-dealkylation sites (tertiary alicyclic amines) is 1. The number of ether oxygens (including phenoxy) is 1. The fraction of sp³-hybridized carbons (Fsp3) is 0.333. The highest BCUT2D eigenvalue weighted by atomic mass is 16.5. The van der Waals surface area contributed by atoms with E-state index in [0.29, 0.717) is 16.8 Å². The second-order valence-corrected chi connectivity index (χ2v) is 5.73. The molecule has 1 aliphatic heterocycles. The fourth-order valence-electron chi connectivity index (χ4n) is 2.88. The van der Waals surface area contributed by atoms with Crippen molar-refractivity contribution in [1.82, 2.24) is 15.1 Å². The molecule has 0 aliphatic carbocycles. The van der Waals surface area contributed by atoms with Crippen molar-refractivity contribution in [3.8, 4) is 17.3 Å². The molecule has 25 heavy (non-hydrogen) atoms. The van der Waals surface area contributed by atoms with Gasteiger partial charge in [0.15, 0.2) is 5.69 Å². The molecule has 0 unspecified atom stereocenters. The summed E-state index contributed by atoms with van der Waals surface area (Å²) >= 11 is 0. The van der Waals surface area contributed by atoms with Gasteiger partial charge in [-0.05, 0) is 31.9 Å². The minimum absolute atomic E-state index is 0.0128. The minimum atomic E-state index is -0.612. The summed E-state index contributed by atoms with van der Waals surface area (Å²) in [5.74, 6) is -0.600. The summed E-state index contributed by atoms with van der Waals surface area (Å²) in [6.45, 7) is 3.49. The van der Waals surface area contributed by atoms with E-state index >= 15 is 0 Å². The maximum absolute atomic E-state index is 12.4. The van der Waals surface area contributed by atoms with Gasteiger partial charge in [-0.2, -0.15) is 10.4 Å². The number of aromatic nitrogens is 2. The van der Waals surface area contributed by atoms with E-state index in [0.717, 1.165) is 25.9 Å². The summed E-state index contributed by atoms with van der Waals surface area (Å²) in [7, 11) is 0. The zero-order valence-electron chi connectivity index (χ0n) is 13.9. The number of esters is 1. The predicted octanol–water partition coefficient (Wildman–Crippen LogP) is 2.36. The molecule has 7 heteroatoms. The Labute approximate surface area is 145 Å². The average Bonchev–Trinajstić information content (AvgIpc) is 3.31. The highest BCUT2D eigenvalue weighted by molar-refractivity contribution is 5.95. The summed E-state index contributed by atoms with van der Waals surface area (Å²) in [6, 6.07) is 8.89. The van der Waals surface area contributed by atoms with E-state index in [9.17, 15) is 14.9 Å². The zero-order valence-corrected chi connectivity index (χ0v) is 13.9. The number of carbonyl (C=O) groups is 2. The SMILES string of the molecule is CCOC(=O)c1[nH]nc(-c2ccc(C(=O)N3CCCC3)cc2)c1C#N. The summed E-state index contributed by atoms with van der Waals surface area (Å²) in [5, 5.41) is 16.0. The van der Waals surface area contributed by atoms with Crippen LogP contribution in [0, 0.1) is 11.3 Å². The summed E-state index contributed by atoms with van der Waals surface area (Å²) in [5.41, 5.74) is 1.80. The topological polar surface area (TPSA) is 99.1 Å². The van der Waals surface area contributed by atoms with E-state index in [1.807, 2.05) is 11.0 Å². The number of aromatic amines is 1. The number of nitrogens with one attached hydrogen (secondary N) is 1. The number of nitrogens with zero attached hydrogens (tertiary/aromatic N) is 3.